The van der Waals surface area contributed by atoms with Crippen LogP contribution < -0.4 is 4.74 Å². The second-order valence-electron chi connectivity index (χ2n) is 5.57. The second-order valence-corrected chi connectivity index (χ2v) is 5.57. The number of Topliss-reactive ketones (excluding diaryl/α,β-unsaturated/α-hetero) is 1. The lowest BCUT2D eigenvalue weighted by atomic mass is 10.1. The summed E-state index contributed by atoms with van der Waals surface area (Å²) in [7, 11) is 0. The van der Waals surface area contributed by atoms with Gasteiger partial charge < -0.3 is 9.26 Å². The Balaban J connectivity index is 1.54. The lowest BCUT2D eigenvalue weighted by Crippen LogP contribution is -2.09. The average Bonchev–Trinajstić information content (AvgIpc) is 3.10. The molecule has 0 fully saturated rings. The minimum Gasteiger partial charge on any atom is -0.427 e. The molecule has 0 radical (unpaired) electrons. The van der Waals surface area contributed by atoms with Crippen LogP contribution in [0.25, 0.3) is 11.4 Å². The Labute approximate surface area is 148 Å². The molecule has 6 nitrogen and oxygen atoms in total. The molecule has 0 saturated heterocycles. The van der Waals surface area contributed by atoms with Crippen molar-refractivity contribution in [1.82, 2.24) is 10.1 Å². The predicted octanol–water partition coefficient (Wildman–Crippen LogP) is 3.62. The molecule has 0 spiro atoms. The van der Waals surface area contributed by atoms with Gasteiger partial charge in [0, 0.05) is 17.5 Å². The van der Waals surface area contributed by atoms with Gasteiger partial charge in [-0.1, -0.05) is 5.16 Å². The topological polar surface area (TPSA) is 82.3 Å². The number of carbonyl (C=O) groups is 2. The van der Waals surface area contributed by atoms with Crippen LogP contribution in [-0.4, -0.2) is 21.9 Å². The summed E-state index contributed by atoms with van der Waals surface area (Å²) >= 11 is 0. The Morgan fingerprint density at radius 3 is 2.42 bits per heavy atom. The molecule has 26 heavy (non-hydrogen) atoms. The number of ketones is 1. The summed E-state index contributed by atoms with van der Waals surface area (Å²) in [5.41, 5.74) is 1.17. The molecule has 0 saturated carbocycles. The zero-order valence-electron chi connectivity index (χ0n) is 13.9. The molecule has 3 rings (SSSR count). The summed E-state index contributed by atoms with van der Waals surface area (Å²) in [5.74, 6) is 0.105. The van der Waals surface area contributed by atoms with Crippen molar-refractivity contribution in [2.45, 2.75) is 19.8 Å². The van der Waals surface area contributed by atoms with Crippen LogP contribution in [0.3, 0.4) is 0 Å². The first kappa shape index (κ1) is 17.5. The summed E-state index contributed by atoms with van der Waals surface area (Å²) in [4.78, 5) is 27.3. The smallest absolute Gasteiger partial charge is 0.311 e. The largest absolute Gasteiger partial charge is 0.427 e. The SMILES string of the molecule is CC(=O)c1ccc(OC(=O)CCc2nc(-c3ccc(F)cc3)no2)cc1. The van der Waals surface area contributed by atoms with Crippen LogP contribution in [0.1, 0.15) is 29.6 Å². The van der Waals surface area contributed by atoms with Gasteiger partial charge in [-0.3, -0.25) is 9.59 Å². The molecule has 0 aliphatic carbocycles. The quantitative estimate of drug-likeness (QED) is 0.382. The van der Waals surface area contributed by atoms with Gasteiger partial charge in [0.05, 0.1) is 6.42 Å². The summed E-state index contributed by atoms with van der Waals surface area (Å²) in [6, 6.07) is 12.0. The van der Waals surface area contributed by atoms with E-state index in [9.17, 15) is 14.0 Å². The van der Waals surface area contributed by atoms with Gasteiger partial charge in [-0.25, -0.2) is 4.39 Å². The van der Waals surface area contributed by atoms with Crippen LogP contribution >= 0.6 is 0 Å². The lowest BCUT2D eigenvalue weighted by Gasteiger charge is -2.03. The Kier molecular flexibility index (Phi) is 5.17. The van der Waals surface area contributed by atoms with Crippen molar-refractivity contribution in [2.75, 3.05) is 0 Å². The lowest BCUT2D eigenvalue weighted by molar-refractivity contribution is -0.134. The van der Waals surface area contributed by atoms with Crippen LogP contribution in [0.5, 0.6) is 5.75 Å². The standard InChI is InChI=1S/C19H15FN2O4/c1-12(23)13-4-8-16(9-5-13)25-18(24)11-10-17-21-19(22-26-17)14-2-6-15(20)7-3-14/h2-9H,10-11H2,1H3. The highest BCUT2D eigenvalue weighted by Crippen LogP contribution is 2.17. The number of rotatable bonds is 6. The van der Waals surface area contributed by atoms with E-state index >= 15 is 0 Å². The molecule has 7 heteroatoms. The van der Waals surface area contributed by atoms with Crippen molar-refractivity contribution in [2.24, 2.45) is 0 Å². The van der Waals surface area contributed by atoms with Gasteiger partial charge in [-0.05, 0) is 55.5 Å². The fraction of sp³-hybridized carbons (Fsp3) is 0.158. The highest BCUT2D eigenvalue weighted by molar-refractivity contribution is 5.94. The summed E-state index contributed by atoms with van der Waals surface area (Å²) in [6.07, 6.45) is 0.276. The average molecular weight is 354 g/mol. The van der Waals surface area contributed by atoms with Crippen LogP contribution in [0, 0.1) is 5.82 Å². The Hall–Kier alpha value is -3.35. The second kappa shape index (κ2) is 7.69. The number of aromatic nitrogens is 2. The van der Waals surface area contributed by atoms with Crippen molar-refractivity contribution in [1.29, 1.82) is 0 Å². The number of halogens is 1. The minimum atomic E-state index is -0.456. The highest BCUT2D eigenvalue weighted by Gasteiger charge is 2.12. The maximum atomic E-state index is 12.9. The highest BCUT2D eigenvalue weighted by atomic mass is 19.1. The van der Waals surface area contributed by atoms with Crippen molar-refractivity contribution in [3.05, 3.63) is 65.8 Å². The van der Waals surface area contributed by atoms with Crippen LogP contribution in [0.4, 0.5) is 4.39 Å². The molecule has 0 atom stereocenters. The zero-order chi connectivity index (χ0) is 18.5. The maximum absolute atomic E-state index is 12.9. The van der Waals surface area contributed by atoms with Gasteiger partial charge in [0.1, 0.15) is 11.6 Å². The summed E-state index contributed by atoms with van der Waals surface area (Å²) in [5, 5.41) is 3.81. The number of ether oxygens (including phenoxy) is 1. The monoisotopic (exact) mass is 354 g/mol. The predicted molar refractivity (Wildman–Crippen MR) is 90.1 cm³/mol. The first-order valence-corrected chi connectivity index (χ1v) is 7.91. The summed E-state index contributed by atoms with van der Waals surface area (Å²) < 4.78 is 23.2. The van der Waals surface area contributed by atoms with Gasteiger partial charge in [0.15, 0.2) is 5.78 Å². The third kappa shape index (κ3) is 4.38. The number of carbonyl (C=O) groups excluding carboxylic acids is 2. The molecule has 1 aromatic heterocycles. The third-order valence-electron chi connectivity index (χ3n) is 3.61. The molecular weight excluding hydrogens is 339 g/mol. The fourth-order valence-electron chi connectivity index (χ4n) is 2.22. The number of esters is 1. The van der Waals surface area contributed by atoms with E-state index in [4.69, 9.17) is 9.26 Å². The van der Waals surface area contributed by atoms with Crippen LogP contribution in [0.2, 0.25) is 0 Å². The van der Waals surface area contributed by atoms with E-state index < -0.39 is 5.97 Å². The van der Waals surface area contributed by atoms with Crippen molar-refractivity contribution in [3.63, 3.8) is 0 Å². The van der Waals surface area contributed by atoms with Gasteiger partial charge in [0.25, 0.3) is 0 Å². The van der Waals surface area contributed by atoms with E-state index in [-0.39, 0.29) is 30.3 Å². The van der Waals surface area contributed by atoms with E-state index in [1.165, 1.54) is 19.1 Å². The van der Waals surface area contributed by atoms with E-state index in [1.807, 2.05) is 0 Å². The minimum absolute atomic E-state index is 0.0551. The Morgan fingerprint density at radius 2 is 1.77 bits per heavy atom. The number of nitrogens with zero attached hydrogens (tertiary/aromatic N) is 2. The van der Waals surface area contributed by atoms with Crippen molar-refractivity contribution >= 4 is 11.8 Å². The molecule has 0 aliphatic heterocycles. The molecule has 1 heterocycles. The molecule has 0 N–H and O–H groups in total. The van der Waals surface area contributed by atoms with Gasteiger partial charge in [0.2, 0.25) is 11.7 Å². The van der Waals surface area contributed by atoms with Crippen molar-refractivity contribution in [3.8, 4) is 17.1 Å². The molecule has 2 aromatic carbocycles. The van der Waals surface area contributed by atoms with E-state index in [1.54, 1.807) is 36.4 Å². The number of hydrogen-bond acceptors (Lipinski definition) is 6. The molecule has 0 amide bonds. The normalized spacial score (nSPS) is 10.5. The Morgan fingerprint density at radius 1 is 1.08 bits per heavy atom. The van der Waals surface area contributed by atoms with Crippen LogP contribution in [-0.2, 0) is 11.2 Å². The van der Waals surface area contributed by atoms with E-state index in [2.05, 4.69) is 10.1 Å². The number of aryl methyl sites for hydroxylation is 1. The first-order chi connectivity index (χ1) is 12.5. The number of hydrogen-bond donors (Lipinski definition) is 0. The molecule has 0 bridgehead atoms. The number of benzene rings is 2. The van der Waals surface area contributed by atoms with Crippen LogP contribution in [0.15, 0.2) is 53.1 Å². The van der Waals surface area contributed by atoms with Gasteiger partial charge >= 0.3 is 5.97 Å². The Bertz CT molecular complexity index is 917. The zero-order valence-corrected chi connectivity index (χ0v) is 13.9. The molecule has 0 aliphatic rings. The molecule has 3 aromatic rings. The molecule has 132 valence electrons. The van der Waals surface area contributed by atoms with Gasteiger partial charge in [-0.15, -0.1) is 0 Å². The van der Waals surface area contributed by atoms with Gasteiger partial charge in [-0.2, -0.15) is 4.98 Å². The maximum Gasteiger partial charge on any atom is 0.311 e. The summed E-state index contributed by atoms with van der Waals surface area (Å²) in [6.45, 7) is 1.46. The van der Waals surface area contributed by atoms with E-state index in [0.29, 0.717) is 22.7 Å². The van der Waals surface area contributed by atoms with Crippen molar-refractivity contribution < 1.29 is 23.2 Å². The first-order valence-electron chi connectivity index (χ1n) is 7.91. The fourth-order valence-corrected chi connectivity index (χ4v) is 2.22. The molecular formula is C19H15FN2O4. The third-order valence-corrected chi connectivity index (χ3v) is 3.61. The van der Waals surface area contributed by atoms with E-state index in [0.717, 1.165) is 0 Å². The molecule has 0 unspecified atom stereocenters.